The maximum atomic E-state index is 6.09. The van der Waals surface area contributed by atoms with E-state index in [0.29, 0.717) is 15.9 Å². The van der Waals surface area contributed by atoms with Crippen molar-refractivity contribution in [3.05, 3.63) is 34.5 Å². The first-order valence-electron chi connectivity index (χ1n) is 5.66. The summed E-state index contributed by atoms with van der Waals surface area (Å²) in [7, 11) is 0. The van der Waals surface area contributed by atoms with E-state index < -0.39 is 0 Å². The van der Waals surface area contributed by atoms with Crippen LogP contribution in [-0.2, 0) is 13.0 Å². The molecule has 1 unspecified atom stereocenters. The lowest BCUT2D eigenvalue weighted by Gasteiger charge is -2.24. The van der Waals surface area contributed by atoms with Gasteiger partial charge in [0, 0.05) is 25.2 Å². The summed E-state index contributed by atoms with van der Waals surface area (Å²) >= 11 is 11.9. The van der Waals surface area contributed by atoms with Crippen molar-refractivity contribution in [3.8, 4) is 0 Å². The highest BCUT2D eigenvalue weighted by molar-refractivity contribution is 6.35. The molecular formula is C11H11Cl2N5. The van der Waals surface area contributed by atoms with Crippen molar-refractivity contribution in [2.75, 3.05) is 5.32 Å². The third kappa shape index (κ3) is 2.28. The first-order valence-corrected chi connectivity index (χ1v) is 6.42. The van der Waals surface area contributed by atoms with Gasteiger partial charge < -0.3 is 5.32 Å². The van der Waals surface area contributed by atoms with Crippen molar-refractivity contribution in [2.45, 2.75) is 25.4 Å². The molecule has 0 fully saturated rings. The van der Waals surface area contributed by atoms with Crippen molar-refractivity contribution in [1.29, 1.82) is 0 Å². The lowest BCUT2D eigenvalue weighted by Crippen LogP contribution is -2.31. The zero-order valence-electron chi connectivity index (χ0n) is 9.48. The zero-order valence-corrected chi connectivity index (χ0v) is 11.0. The second kappa shape index (κ2) is 4.74. The number of hydrogen-bond acceptors (Lipinski definition) is 4. The molecule has 0 saturated heterocycles. The van der Waals surface area contributed by atoms with E-state index in [9.17, 15) is 0 Å². The van der Waals surface area contributed by atoms with Crippen LogP contribution in [0.2, 0.25) is 10.0 Å². The SMILES string of the molecule is Clc1cnc(NC2CCn3ncnc3C2)c(Cl)c1. The highest BCUT2D eigenvalue weighted by atomic mass is 35.5. The molecule has 3 rings (SSSR count). The first-order chi connectivity index (χ1) is 8.72. The van der Waals surface area contributed by atoms with Gasteiger partial charge in [0.2, 0.25) is 0 Å². The Balaban J connectivity index is 1.74. The Kier molecular flexibility index (Phi) is 3.09. The van der Waals surface area contributed by atoms with Crippen LogP contribution in [0.3, 0.4) is 0 Å². The topological polar surface area (TPSA) is 55.6 Å². The smallest absolute Gasteiger partial charge is 0.145 e. The summed E-state index contributed by atoms with van der Waals surface area (Å²) < 4.78 is 1.93. The van der Waals surface area contributed by atoms with Gasteiger partial charge in [-0.15, -0.1) is 0 Å². The summed E-state index contributed by atoms with van der Waals surface area (Å²) in [6.45, 7) is 0.859. The first kappa shape index (κ1) is 11.7. The molecule has 1 atom stereocenters. The summed E-state index contributed by atoms with van der Waals surface area (Å²) in [4.78, 5) is 8.42. The second-order valence-corrected chi connectivity index (χ2v) is 5.06. The van der Waals surface area contributed by atoms with Crippen LogP contribution in [0.15, 0.2) is 18.6 Å². The maximum absolute atomic E-state index is 6.09. The summed E-state index contributed by atoms with van der Waals surface area (Å²) in [6, 6.07) is 1.96. The number of hydrogen-bond donors (Lipinski definition) is 1. The van der Waals surface area contributed by atoms with E-state index in [1.54, 1.807) is 18.6 Å². The van der Waals surface area contributed by atoms with Gasteiger partial charge in [0.1, 0.15) is 18.0 Å². The number of aromatic nitrogens is 4. The fourth-order valence-electron chi connectivity index (χ4n) is 2.07. The molecule has 1 aliphatic heterocycles. The molecule has 1 aliphatic rings. The molecule has 0 aromatic carbocycles. The minimum absolute atomic E-state index is 0.271. The van der Waals surface area contributed by atoms with Crippen LogP contribution in [0.5, 0.6) is 0 Å². The minimum atomic E-state index is 0.271. The molecule has 0 bridgehead atoms. The van der Waals surface area contributed by atoms with Gasteiger partial charge in [0.15, 0.2) is 0 Å². The molecule has 18 heavy (non-hydrogen) atoms. The number of aryl methyl sites for hydroxylation is 1. The predicted molar refractivity (Wildman–Crippen MR) is 70.0 cm³/mol. The van der Waals surface area contributed by atoms with Gasteiger partial charge in [0.05, 0.1) is 10.0 Å². The zero-order chi connectivity index (χ0) is 12.5. The van der Waals surface area contributed by atoms with Gasteiger partial charge in [-0.2, -0.15) is 5.10 Å². The molecule has 5 nitrogen and oxygen atoms in total. The number of nitrogens with zero attached hydrogens (tertiary/aromatic N) is 4. The van der Waals surface area contributed by atoms with Gasteiger partial charge in [-0.25, -0.2) is 14.6 Å². The molecule has 2 aromatic rings. The largest absolute Gasteiger partial charge is 0.366 e. The molecule has 94 valence electrons. The van der Waals surface area contributed by atoms with Crippen LogP contribution in [0.25, 0.3) is 0 Å². The lowest BCUT2D eigenvalue weighted by molar-refractivity contribution is 0.448. The molecule has 0 spiro atoms. The summed E-state index contributed by atoms with van der Waals surface area (Å²) in [5, 5.41) is 8.54. The monoisotopic (exact) mass is 283 g/mol. The number of fused-ring (bicyclic) bond motifs is 1. The molecule has 3 heterocycles. The Hall–Kier alpha value is -1.33. The molecule has 0 radical (unpaired) electrons. The Morgan fingerprint density at radius 2 is 2.22 bits per heavy atom. The summed E-state index contributed by atoms with van der Waals surface area (Å²) in [5.41, 5.74) is 0. The van der Waals surface area contributed by atoms with Crippen molar-refractivity contribution in [3.63, 3.8) is 0 Å². The van der Waals surface area contributed by atoms with E-state index in [2.05, 4.69) is 20.4 Å². The molecule has 0 saturated carbocycles. The molecule has 0 aliphatic carbocycles. The number of pyridine rings is 1. The van der Waals surface area contributed by atoms with E-state index in [0.717, 1.165) is 25.2 Å². The standard InChI is InChI=1S/C11H11Cl2N5/c12-7-3-9(13)11(14-5-7)17-8-1-2-18-10(4-8)15-6-16-18/h3,5-6,8H,1-2,4H2,(H,14,17). The van der Waals surface area contributed by atoms with E-state index in [4.69, 9.17) is 23.2 Å². The fourth-order valence-corrected chi connectivity index (χ4v) is 2.51. The molecule has 7 heteroatoms. The fraction of sp³-hybridized carbons (Fsp3) is 0.364. The van der Waals surface area contributed by atoms with Crippen LogP contribution in [0, 0.1) is 0 Å². The van der Waals surface area contributed by atoms with Crippen LogP contribution in [0.4, 0.5) is 5.82 Å². The van der Waals surface area contributed by atoms with Crippen LogP contribution in [0.1, 0.15) is 12.2 Å². The van der Waals surface area contributed by atoms with Crippen molar-refractivity contribution < 1.29 is 0 Å². The highest BCUT2D eigenvalue weighted by Gasteiger charge is 2.20. The van der Waals surface area contributed by atoms with Gasteiger partial charge in [-0.1, -0.05) is 23.2 Å². The third-order valence-corrected chi connectivity index (χ3v) is 3.46. The Labute approximate surface area is 114 Å². The molecular weight excluding hydrogens is 273 g/mol. The lowest BCUT2D eigenvalue weighted by atomic mass is 10.1. The average molecular weight is 284 g/mol. The Morgan fingerprint density at radius 1 is 1.33 bits per heavy atom. The number of anilines is 1. The number of rotatable bonds is 2. The Bertz CT molecular complexity index is 568. The highest BCUT2D eigenvalue weighted by Crippen LogP contribution is 2.25. The van der Waals surface area contributed by atoms with Crippen LogP contribution < -0.4 is 5.32 Å². The Morgan fingerprint density at radius 3 is 3.06 bits per heavy atom. The molecule has 2 aromatic heterocycles. The number of nitrogens with one attached hydrogen (secondary N) is 1. The predicted octanol–water partition coefficient (Wildman–Crippen LogP) is 2.41. The average Bonchev–Trinajstić information content (AvgIpc) is 2.80. The van der Waals surface area contributed by atoms with E-state index in [1.165, 1.54) is 0 Å². The van der Waals surface area contributed by atoms with E-state index in [-0.39, 0.29) is 6.04 Å². The normalized spacial score (nSPS) is 18.4. The third-order valence-electron chi connectivity index (χ3n) is 2.96. The van der Waals surface area contributed by atoms with E-state index in [1.807, 2.05) is 4.68 Å². The maximum Gasteiger partial charge on any atom is 0.145 e. The van der Waals surface area contributed by atoms with Crippen molar-refractivity contribution >= 4 is 29.0 Å². The van der Waals surface area contributed by atoms with E-state index >= 15 is 0 Å². The van der Waals surface area contributed by atoms with Gasteiger partial charge in [0.25, 0.3) is 0 Å². The van der Waals surface area contributed by atoms with Gasteiger partial charge in [-0.05, 0) is 12.5 Å². The van der Waals surface area contributed by atoms with Crippen molar-refractivity contribution in [1.82, 2.24) is 19.7 Å². The van der Waals surface area contributed by atoms with Crippen molar-refractivity contribution in [2.24, 2.45) is 0 Å². The minimum Gasteiger partial charge on any atom is -0.366 e. The molecule has 1 N–H and O–H groups in total. The number of halogens is 2. The molecule has 0 amide bonds. The van der Waals surface area contributed by atoms with Crippen LogP contribution >= 0.6 is 23.2 Å². The second-order valence-electron chi connectivity index (χ2n) is 4.22. The quantitative estimate of drug-likeness (QED) is 0.920. The summed E-state index contributed by atoms with van der Waals surface area (Å²) in [5.74, 6) is 1.66. The summed E-state index contributed by atoms with van der Waals surface area (Å²) in [6.07, 6.45) is 4.96. The van der Waals surface area contributed by atoms with Gasteiger partial charge >= 0.3 is 0 Å². The van der Waals surface area contributed by atoms with Crippen LogP contribution in [-0.4, -0.2) is 25.8 Å². The van der Waals surface area contributed by atoms with Gasteiger partial charge in [-0.3, -0.25) is 0 Å².